The van der Waals surface area contributed by atoms with E-state index in [4.69, 9.17) is 9.47 Å². The molecular formula is C36H67Na2O9PS. The van der Waals surface area contributed by atoms with Crippen LogP contribution < -0.4 is 68.9 Å². The molecule has 0 unspecified atom stereocenters. The van der Waals surface area contributed by atoms with Gasteiger partial charge in [0, 0.05) is 25.5 Å². The van der Waals surface area contributed by atoms with E-state index in [-0.39, 0.29) is 83.7 Å². The molecule has 0 radical (unpaired) electrons. The van der Waals surface area contributed by atoms with Crippen LogP contribution in [0.4, 0.5) is 0 Å². The summed E-state index contributed by atoms with van der Waals surface area (Å²) in [6.45, 7) is 2.84. The number of rotatable bonds is 35. The molecule has 278 valence electrons. The third-order valence-corrected chi connectivity index (χ3v) is 9.58. The fourth-order valence-corrected chi connectivity index (χ4v) is 6.42. The Balaban J connectivity index is -0.0000106. The Kier molecular flexibility index (Phi) is 44.7. The first-order chi connectivity index (χ1) is 22.6. The first-order valence-electron chi connectivity index (χ1n) is 18.8. The molecule has 0 spiro atoms. The molecule has 9 nitrogen and oxygen atoms in total. The Hall–Kier alpha value is 1.07. The predicted octanol–water partition coefficient (Wildman–Crippen LogP) is 3.13. The average Bonchev–Trinajstić information content (AvgIpc) is 3.02. The standard InChI is InChI=1S/C36H69O9PS.2Na/c1-3-4-5-6-7-8-9-13-17-20-23-26-29-36(39)45-34(32-44-46(40,41)42)31-43-35(38)28-25-22-19-16-14-11-10-12-15-18-21-24-27-30-47-33(2)37;;/h34H,3-32H2,1-2H3,(H2,40,41,42);;/q;2*+1/p-2/t34-;;/m0../s1. The molecule has 0 saturated carbocycles. The van der Waals surface area contributed by atoms with Crippen molar-refractivity contribution in [3.05, 3.63) is 0 Å². The average molecular weight is 753 g/mol. The summed E-state index contributed by atoms with van der Waals surface area (Å²) in [5.41, 5.74) is 0. The van der Waals surface area contributed by atoms with E-state index in [2.05, 4.69) is 11.4 Å². The van der Waals surface area contributed by atoms with Gasteiger partial charge in [-0.25, -0.2) is 0 Å². The zero-order valence-electron chi connectivity index (χ0n) is 31.8. The van der Waals surface area contributed by atoms with Gasteiger partial charge >= 0.3 is 71.1 Å². The van der Waals surface area contributed by atoms with Gasteiger partial charge in [-0.2, -0.15) is 0 Å². The fraction of sp³-hybridized carbons (Fsp3) is 0.917. The van der Waals surface area contributed by atoms with Gasteiger partial charge in [0.25, 0.3) is 0 Å². The minimum Gasteiger partial charge on any atom is -0.790 e. The summed E-state index contributed by atoms with van der Waals surface area (Å²) in [6.07, 6.45) is 28.3. The van der Waals surface area contributed by atoms with Crippen molar-refractivity contribution in [2.75, 3.05) is 19.0 Å². The Morgan fingerprint density at radius 1 is 0.571 bits per heavy atom. The molecule has 0 aromatic rings. The van der Waals surface area contributed by atoms with Gasteiger partial charge in [0.1, 0.15) is 6.61 Å². The van der Waals surface area contributed by atoms with Crippen molar-refractivity contribution in [2.45, 2.75) is 193 Å². The van der Waals surface area contributed by atoms with Crippen LogP contribution in [0.25, 0.3) is 0 Å². The zero-order chi connectivity index (χ0) is 34.9. The number of hydrogen-bond acceptors (Lipinski definition) is 10. The molecule has 0 aromatic heterocycles. The zero-order valence-corrected chi connectivity index (χ0v) is 37.5. The topological polar surface area (TPSA) is 142 Å². The second-order valence-electron chi connectivity index (χ2n) is 12.9. The maximum atomic E-state index is 12.3. The second-order valence-corrected chi connectivity index (χ2v) is 15.3. The smallest absolute Gasteiger partial charge is 0.790 e. The predicted molar refractivity (Wildman–Crippen MR) is 188 cm³/mol. The minimum absolute atomic E-state index is 0. The summed E-state index contributed by atoms with van der Waals surface area (Å²) >= 11 is 1.42. The Labute approximate surface area is 347 Å². The molecule has 0 rings (SSSR count). The van der Waals surface area contributed by atoms with E-state index in [0.29, 0.717) is 12.8 Å². The normalized spacial score (nSPS) is 11.8. The maximum absolute atomic E-state index is 12.3. The number of unbranched alkanes of at least 4 members (excludes halogenated alkanes) is 23. The van der Waals surface area contributed by atoms with E-state index in [1.807, 2.05) is 0 Å². The van der Waals surface area contributed by atoms with Crippen molar-refractivity contribution >= 4 is 36.6 Å². The fourth-order valence-electron chi connectivity index (χ4n) is 5.44. The molecule has 0 fully saturated rings. The summed E-state index contributed by atoms with van der Waals surface area (Å²) < 4.78 is 25.7. The molecule has 1 atom stereocenters. The Morgan fingerprint density at radius 3 is 1.33 bits per heavy atom. The number of carbonyl (C=O) groups is 3. The largest absolute Gasteiger partial charge is 1.00 e. The van der Waals surface area contributed by atoms with Crippen molar-refractivity contribution in [3.63, 3.8) is 0 Å². The van der Waals surface area contributed by atoms with E-state index in [9.17, 15) is 28.7 Å². The molecule has 0 aliphatic rings. The first kappa shape index (κ1) is 54.4. The van der Waals surface area contributed by atoms with Gasteiger partial charge in [-0.15, -0.1) is 0 Å². The van der Waals surface area contributed by atoms with Gasteiger partial charge < -0.3 is 28.3 Å². The number of ether oxygens (including phenoxy) is 2. The van der Waals surface area contributed by atoms with Crippen molar-refractivity contribution in [2.24, 2.45) is 0 Å². The third-order valence-electron chi connectivity index (χ3n) is 8.21. The van der Waals surface area contributed by atoms with E-state index in [0.717, 1.165) is 50.7 Å². The molecule has 0 aromatic carbocycles. The van der Waals surface area contributed by atoms with Crippen LogP contribution in [0.2, 0.25) is 0 Å². The molecular weight excluding hydrogens is 685 g/mol. The maximum Gasteiger partial charge on any atom is 1.00 e. The van der Waals surface area contributed by atoms with Gasteiger partial charge in [0.2, 0.25) is 0 Å². The Morgan fingerprint density at radius 2 is 0.939 bits per heavy atom. The second kappa shape index (κ2) is 40.3. The molecule has 0 aliphatic carbocycles. The summed E-state index contributed by atoms with van der Waals surface area (Å²) in [5.74, 6) is -0.0247. The SMILES string of the molecule is CCCCCCCCCCCCCCC(=O)O[C@@H](COC(=O)CCCCCCCCCCCCCCCSC(C)=O)COP(=O)([O-])[O-].[Na+].[Na+]. The molecule has 0 amide bonds. The summed E-state index contributed by atoms with van der Waals surface area (Å²) in [5, 5.41) is 0.208. The van der Waals surface area contributed by atoms with Crippen LogP contribution in [0.1, 0.15) is 187 Å². The van der Waals surface area contributed by atoms with Crippen molar-refractivity contribution in [1.29, 1.82) is 0 Å². The van der Waals surface area contributed by atoms with E-state index >= 15 is 0 Å². The van der Waals surface area contributed by atoms with Gasteiger partial charge in [0.15, 0.2) is 11.2 Å². The molecule has 49 heavy (non-hydrogen) atoms. The number of phosphoric ester groups is 1. The first-order valence-corrected chi connectivity index (χ1v) is 21.2. The van der Waals surface area contributed by atoms with E-state index < -0.39 is 32.5 Å². The van der Waals surface area contributed by atoms with Gasteiger partial charge in [-0.05, 0) is 19.3 Å². The molecule has 0 heterocycles. The molecule has 13 heteroatoms. The Bertz CT molecular complexity index is 817. The van der Waals surface area contributed by atoms with Crippen molar-refractivity contribution in [3.8, 4) is 0 Å². The van der Waals surface area contributed by atoms with E-state index in [1.54, 1.807) is 6.92 Å². The van der Waals surface area contributed by atoms with Crippen molar-refractivity contribution < 1.29 is 102 Å². The van der Waals surface area contributed by atoms with Gasteiger partial charge in [0.05, 0.1) is 14.4 Å². The van der Waals surface area contributed by atoms with Crippen molar-refractivity contribution in [1.82, 2.24) is 0 Å². The summed E-state index contributed by atoms with van der Waals surface area (Å²) in [6, 6.07) is 0. The van der Waals surface area contributed by atoms with Crippen LogP contribution in [-0.2, 0) is 32.9 Å². The summed E-state index contributed by atoms with van der Waals surface area (Å²) in [7, 11) is -5.25. The number of phosphoric acid groups is 1. The molecule has 0 aliphatic heterocycles. The van der Waals surface area contributed by atoms with Crippen LogP contribution in [0, 0.1) is 0 Å². The van der Waals surface area contributed by atoms with Crippen LogP contribution in [-0.4, -0.2) is 42.1 Å². The molecule has 0 saturated heterocycles. The minimum atomic E-state index is -5.25. The van der Waals surface area contributed by atoms with Crippen LogP contribution >= 0.6 is 19.6 Å². The quantitative estimate of drug-likeness (QED) is 0.0411. The number of carbonyl (C=O) groups excluding carboxylic acids is 3. The van der Waals surface area contributed by atoms with Gasteiger partial charge in [-0.3, -0.25) is 14.4 Å². The van der Waals surface area contributed by atoms with E-state index in [1.165, 1.54) is 114 Å². The number of thioether (sulfide) groups is 1. The molecule has 0 N–H and O–H groups in total. The number of hydrogen-bond donors (Lipinski definition) is 0. The van der Waals surface area contributed by atoms with Gasteiger partial charge in [-0.1, -0.05) is 160 Å². The van der Waals surface area contributed by atoms with Crippen LogP contribution in [0.15, 0.2) is 0 Å². The summed E-state index contributed by atoms with van der Waals surface area (Å²) in [4.78, 5) is 57.3. The monoisotopic (exact) mass is 752 g/mol. The third kappa shape index (κ3) is 45.2. The van der Waals surface area contributed by atoms with Crippen LogP contribution in [0.3, 0.4) is 0 Å². The van der Waals surface area contributed by atoms with Crippen LogP contribution in [0.5, 0.6) is 0 Å². The molecule has 0 bridgehead atoms. The number of esters is 2.